The van der Waals surface area contributed by atoms with Gasteiger partial charge in [-0.25, -0.2) is 4.79 Å². The Bertz CT molecular complexity index is 253. The summed E-state index contributed by atoms with van der Waals surface area (Å²) in [6.07, 6.45) is 0.354. The Morgan fingerprint density at radius 1 is 1.62 bits per heavy atom. The highest BCUT2D eigenvalue weighted by atomic mass is 16.5. The molecule has 1 N–H and O–H groups in total. The number of ketones is 1. The van der Waals surface area contributed by atoms with E-state index in [0.717, 1.165) is 12.8 Å². The van der Waals surface area contributed by atoms with Crippen molar-refractivity contribution < 1.29 is 19.4 Å². The van der Waals surface area contributed by atoms with Crippen LogP contribution in [0.4, 0.5) is 4.79 Å². The summed E-state index contributed by atoms with van der Waals surface area (Å²) >= 11 is 0. The number of piperidine rings is 1. The van der Waals surface area contributed by atoms with E-state index in [9.17, 15) is 9.59 Å². The molecule has 2 heterocycles. The number of nitrogens with zero attached hydrogens (tertiary/aromatic N) is 1. The molecule has 1 amide bonds. The average molecular weight is 185 g/mol. The largest absolute Gasteiger partial charge is 0.465 e. The molecule has 2 aliphatic rings. The lowest BCUT2D eigenvalue weighted by atomic mass is 9.98. The number of likely N-dealkylation sites (tertiary alicyclic amines) is 1. The van der Waals surface area contributed by atoms with E-state index in [1.165, 1.54) is 4.90 Å². The molecule has 2 aliphatic heterocycles. The fraction of sp³-hybridized carbons (Fsp3) is 0.750. The number of amides is 1. The second-order valence-electron chi connectivity index (χ2n) is 3.38. The van der Waals surface area contributed by atoms with Crippen LogP contribution in [0.5, 0.6) is 0 Å². The molecule has 0 bridgehead atoms. The maximum atomic E-state index is 11.3. The maximum Gasteiger partial charge on any atom is 0.408 e. The third-order valence-corrected chi connectivity index (χ3v) is 2.59. The summed E-state index contributed by atoms with van der Waals surface area (Å²) in [5.41, 5.74) is 0. The Kier molecular flexibility index (Phi) is 1.95. The number of hydrogen-bond donors (Lipinski definition) is 1. The minimum atomic E-state index is -1.02. The fourth-order valence-corrected chi connectivity index (χ4v) is 2.01. The lowest BCUT2D eigenvalue weighted by Gasteiger charge is -2.32. The van der Waals surface area contributed by atoms with Crippen molar-refractivity contribution in [3.63, 3.8) is 0 Å². The number of rotatable bonds is 0. The number of carbonyl (C=O) groups excluding carboxylic acids is 1. The van der Waals surface area contributed by atoms with Crippen LogP contribution in [-0.4, -0.2) is 47.2 Å². The van der Waals surface area contributed by atoms with E-state index >= 15 is 0 Å². The summed E-state index contributed by atoms with van der Waals surface area (Å²) in [5.74, 6) is -0.105. The minimum Gasteiger partial charge on any atom is -0.465 e. The van der Waals surface area contributed by atoms with Gasteiger partial charge in [0.2, 0.25) is 0 Å². The topological polar surface area (TPSA) is 66.8 Å². The zero-order valence-electron chi connectivity index (χ0n) is 7.10. The van der Waals surface area contributed by atoms with Crippen LogP contribution < -0.4 is 0 Å². The van der Waals surface area contributed by atoms with E-state index in [0.29, 0.717) is 6.54 Å². The maximum absolute atomic E-state index is 11.3. The van der Waals surface area contributed by atoms with Crippen molar-refractivity contribution in [3.8, 4) is 0 Å². The van der Waals surface area contributed by atoms with Crippen LogP contribution in [0.15, 0.2) is 0 Å². The second-order valence-corrected chi connectivity index (χ2v) is 3.38. The van der Waals surface area contributed by atoms with Crippen molar-refractivity contribution in [3.05, 3.63) is 0 Å². The summed E-state index contributed by atoms with van der Waals surface area (Å²) in [6.45, 7) is 0.519. The highest BCUT2D eigenvalue weighted by Crippen LogP contribution is 2.25. The third-order valence-electron chi connectivity index (χ3n) is 2.59. The molecule has 0 spiro atoms. The number of hydrogen-bond acceptors (Lipinski definition) is 3. The van der Waals surface area contributed by atoms with Crippen LogP contribution in [0.1, 0.15) is 12.8 Å². The predicted octanol–water partition coefficient (Wildman–Crippen LogP) is 0.0967. The Hall–Kier alpha value is -1.10. The van der Waals surface area contributed by atoms with Gasteiger partial charge in [-0.05, 0) is 12.8 Å². The van der Waals surface area contributed by atoms with E-state index in [4.69, 9.17) is 9.84 Å². The van der Waals surface area contributed by atoms with Gasteiger partial charge < -0.3 is 9.84 Å². The van der Waals surface area contributed by atoms with E-state index in [1.807, 2.05) is 0 Å². The number of fused-ring (bicyclic) bond motifs is 1. The average Bonchev–Trinajstić information content (AvgIpc) is 2.48. The standard InChI is InChI=1S/C8H11NO4/c10-5-4-13-6-2-1-3-9(7(5)6)8(11)12/h6-7H,1-4H2,(H,11,12)/t6-,7-/m1/s1. The van der Waals surface area contributed by atoms with Crippen molar-refractivity contribution in [1.82, 2.24) is 4.90 Å². The minimum absolute atomic E-state index is 0.0686. The van der Waals surface area contributed by atoms with E-state index in [1.54, 1.807) is 0 Å². The van der Waals surface area contributed by atoms with Gasteiger partial charge in [-0.2, -0.15) is 0 Å². The SMILES string of the molecule is O=C1CO[C@@H]2CCCN(C(=O)O)[C@H]12. The first kappa shape index (κ1) is 8.50. The van der Waals surface area contributed by atoms with Crippen molar-refractivity contribution >= 4 is 11.9 Å². The highest BCUT2D eigenvalue weighted by Gasteiger charge is 2.44. The van der Waals surface area contributed by atoms with Crippen molar-refractivity contribution in [1.29, 1.82) is 0 Å². The molecule has 2 saturated heterocycles. The molecule has 0 aliphatic carbocycles. The molecular formula is C8H11NO4. The highest BCUT2D eigenvalue weighted by molar-refractivity contribution is 5.90. The quantitative estimate of drug-likeness (QED) is 0.581. The van der Waals surface area contributed by atoms with Crippen LogP contribution >= 0.6 is 0 Å². The van der Waals surface area contributed by atoms with Crippen molar-refractivity contribution in [2.24, 2.45) is 0 Å². The van der Waals surface area contributed by atoms with E-state index in [2.05, 4.69) is 0 Å². The summed E-state index contributed by atoms with van der Waals surface area (Å²) < 4.78 is 5.20. The first-order chi connectivity index (χ1) is 6.20. The van der Waals surface area contributed by atoms with Gasteiger partial charge in [0, 0.05) is 6.54 Å². The zero-order chi connectivity index (χ0) is 9.42. The number of ether oxygens (including phenoxy) is 1. The molecule has 0 unspecified atom stereocenters. The summed E-state index contributed by atoms with van der Waals surface area (Å²) in [6, 6.07) is -0.536. The lowest BCUT2D eigenvalue weighted by Crippen LogP contribution is -2.51. The van der Waals surface area contributed by atoms with Crippen molar-refractivity contribution in [2.45, 2.75) is 25.0 Å². The van der Waals surface area contributed by atoms with Gasteiger partial charge >= 0.3 is 6.09 Å². The van der Waals surface area contributed by atoms with Crippen LogP contribution in [0.2, 0.25) is 0 Å². The Morgan fingerprint density at radius 2 is 2.38 bits per heavy atom. The van der Waals surface area contributed by atoms with E-state index < -0.39 is 12.1 Å². The van der Waals surface area contributed by atoms with Gasteiger partial charge in [0.15, 0.2) is 5.78 Å². The van der Waals surface area contributed by atoms with Gasteiger partial charge in [0.05, 0.1) is 6.10 Å². The zero-order valence-corrected chi connectivity index (χ0v) is 7.10. The van der Waals surface area contributed by atoms with Crippen LogP contribution in [0.25, 0.3) is 0 Å². The molecular weight excluding hydrogens is 174 g/mol. The summed E-state index contributed by atoms with van der Waals surface area (Å²) in [4.78, 5) is 23.3. The Labute approximate surface area is 75.3 Å². The molecule has 2 fully saturated rings. The van der Waals surface area contributed by atoms with E-state index in [-0.39, 0.29) is 18.5 Å². The Morgan fingerprint density at radius 3 is 3.08 bits per heavy atom. The summed E-state index contributed by atoms with van der Waals surface area (Å²) in [5, 5.41) is 8.82. The van der Waals surface area contributed by atoms with Gasteiger partial charge in [0.25, 0.3) is 0 Å². The molecule has 5 nitrogen and oxygen atoms in total. The van der Waals surface area contributed by atoms with Crippen LogP contribution in [0, 0.1) is 0 Å². The first-order valence-corrected chi connectivity index (χ1v) is 4.34. The van der Waals surface area contributed by atoms with Crippen LogP contribution in [0.3, 0.4) is 0 Å². The van der Waals surface area contributed by atoms with Gasteiger partial charge in [-0.3, -0.25) is 9.69 Å². The van der Waals surface area contributed by atoms with Crippen molar-refractivity contribution in [2.75, 3.05) is 13.2 Å². The first-order valence-electron chi connectivity index (χ1n) is 4.34. The number of carboxylic acid groups (broad SMARTS) is 1. The molecule has 72 valence electrons. The fourth-order valence-electron chi connectivity index (χ4n) is 2.01. The molecule has 0 saturated carbocycles. The molecule has 0 radical (unpaired) electrons. The second kappa shape index (κ2) is 2.99. The monoisotopic (exact) mass is 185 g/mol. The smallest absolute Gasteiger partial charge is 0.408 e. The van der Waals surface area contributed by atoms with Gasteiger partial charge in [0.1, 0.15) is 12.6 Å². The third kappa shape index (κ3) is 1.29. The summed E-state index contributed by atoms with van der Waals surface area (Å²) in [7, 11) is 0. The molecule has 0 aromatic rings. The normalized spacial score (nSPS) is 33.2. The molecule has 0 aromatic carbocycles. The molecule has 5 heteroatoms. The predicted molar refractivity (Wildman–Crippen MR) is 42.5 cm³/mol. The van der Waals surface area contributed by atoms with Gasteiger partial charge in [-0.1, -0.05) is 0 Å². The molecule has 0 aromatic heterocycles. The van der Waals surface area contributed by atoms with Crippen LogP contribution in [-0.2, 0) is 9.53 Å². The number of carbonyl (C=O) groups is 2. The Balaban J connectivity index is 2.19. The number of Topliss-reactive ketones (excluding diaryl/α,β-unsaturated/α-hetero) is 1. The molecule has 13 heavy (non-hydrogen) atoms. The molecule has 2 rings (SSSR count). The molecule has 2 atom stereocenters. The van der Waals surface area contributed by atoms with Gasteiger partial charge in [-0.15, -0.1) is 0 Å². The lowest BCUT2D eigenvalue weighted by molar-refractivity contribution is -0.121.